The van der Waals surface area contributed by atoms with Gasteiger partial charge in [-0.1, -0.05) is 32.9 Å². The average molecular weight is 351 g/mol. The highest BCUT2D eigenvalue weighted by Crippen LogP contribution is 2.25. The number of nitrogens with two attached hydrogens (primary N) is 1. The molecule has 0 aliphatic carbocycles. The lowest BCUT2D eigenvalue weighted by Crippen LogP contribution is -2.14. The van der Waals surface area contributed by atoms with Crippen molar-refractivity contribution in [3.8, 4) is 5.75 Å². The molecule has 0 bridgehead atoms. The van der Waals surface area contributed by atoms with E-state index in [-0.39, 0.29) is 5.41 Å². The van der Waals surface area contributed by atoms with E-state index in [1.54, 1.807) is 0 Å². The van der Waals surface area contributed by atoms with Gasteiger partial charge in [0, 0.05) is 0 Å². The van der Waals surface area contributed by atoms with Crippen LogP contribution in [0.25, 0.3) is 11.0 Å². The Hall–Kier alpha value is -2.33. The molecule has 1 heterocycles. The maximum Gasteiger partial charge on any atom is 0.123 e. The van der Waals surface area contributed by atoms with Crippen LogP contribution in [0.5, 0.6) is 5.75 Å². The first-order valence-corrected chi connectivity index (χ1v) is 9.19. The number of ether oxygens (including phenoxy) is 1. The van der Waals surface area contributed by atoms with E-state index in [1.165, 1.54) is 16.7 Å². The normalized spacial score (nSPS) is 11.9. The van der Waals surface area contributed by atoms with Crippen molar-refractivity contribution in [3.63, 3.8) is 0 Å². The molecular weight excluding hydrogens is 322 g/mol. The van der Waals surface area contributed by atoms with Crippen LogP contribution in [-0.2, 0) is 18.5 Å². The molecule has 0 saturated heterocycles. The fourth-order valence-corrected chi connectivity index (χ4v) is 3.14. The van der Waals surface area contributed by atoms with Crippen LogP contribution < -0.4 is 10.5 Å². The first-order chi connectivity index (χ1) is 12.3. The van der Waals surface area contributed by atoms with Gasteiger partial charge in [-0.3, -0.25) is 0 Å². The van der Waals surface area contributed by atoms with Gasteiger partial charge in [-0.15, -0.1) is 0 Å². The number of aryl methyl sites for hydroxylation is 2. The number of imidazole rings is 1. The molecule has 0 aliphatic rings. The van der Waals surface area contributed by atoms with Crippen molar-refractivity contribution >= 4 is 11.0 Å². The van der Waals surface area contributed by atoms with E-state index in [0.29, 0.717) is 13.2 Å². The Morgan fingerprint density at radius 2 is 1.69 bits per heavy atom. The Bertz CT molecular complexity index is 902. The molecule has 0 fully saturated rings. The fourth-order valence-electron chi connectivity index (χ4n) is 3.14. The van der Waals surface area contributed by atoms with Gasteiger partial charge in [0.25, 0.3) is 0 Å². The molecule has 3 aromatic rings. The summed E-state index contributed by atoms with van der Waals surface area (Å²) in [5.74, 6) is 1.79. The SMILES string of the molecule is Cc1cc2nc(CN)n(CCOc3ccc(C(C)(C)C)cc3)c2cc1C. The number of benzene rings is 2. The minimum atomic E-state index is 0.153. The quantitative estimate of drug-likeness (QED) is 0.737. The number of hydrogen-bond donors (Lipinski definition) is 1. The van der Waals surface area contributed by atoms with Crippen LogP contribution in [0.15, 0.2) is 36.4 Å². The summed E-state index contributed by atoms with van der Waals surface area (Å²) in [4.78, 5) is 4.68. The standard InChI is InChI=1S/C22H29N3O/c1-15-12-19-20(13-16(15)2)25(21(14-23)24-19)10-11-26-18-8-6-17(7-9-18)22(3,4)5/h6-9,12-13H,10-11,14,23H2,1-5H3. The molecule has 0 unspecified atom stereocenters. The van der Waals surface area contributed by atoms with Gasteiger partial charge in [-0.05, 0) is 60.2 Å². The summed E-state index contributed by atoms with van der Waals surface area (Å²) in [6, 6.07) is 12.7. The third-order valence-corrected chi connectivity index (χ3v) is 4.93. The molecule has 138 valence electrons. The highest BCUT2D eigenvalue weighted by Gasteiger charge is 2.13. The van der Waals surface area contributed by atoms with Gasteiger partial charge in [0.1, 0.15) is 18.2 Å². The molecule has 4 heteroatoms. The summed E-state index contributed by atoms with van der Waals surface area (Å²) in [7, 11) is 0. The van der Waals surface area contributed by atoms with Gasteiger partial charge in [0.2, 0.25) is 0 Å². The van der Waals surface area contributed by atoms with Crippen molar-refractivity contribution in [2.45, 2.75) is 53.1 Å². The summed E-state index contributed by atoms with van der Waals surface area (Å²) < 4.78 is 8.13. The topological polar surface area (TPSA) is 53.1 Å². The van der Waals surface area contributed by atoms with Crippen molar-refractivity contribution in [2.75, 3.05) is 6.61 Å². The van der Waals surface area contributed by atoms with Gasteiger partial charge >= 0.3 is 0 Å². The van der Waals surface area contributed by atoms with Crippen LogP contribution in [0.2, 0.25) is 0 Å². The molecular formula is C22H29N3O. The van der Waals surface area contributed by atoms with Gasteiger partial charge in [-0.2, -0.15) is 0 Å². The van der Waals surface area contributed by atoms with E-state index in [1.807, 2.05) is 12.1 Å². The van der Waals surface area contributed by atoms with Crippen molar-refractivity contribution in [1.82, 2.24) is 9.55 Å². The highest BCUT2D eigenvalue weighted by atomic mass is 16.5. The molecule has 26 heavy (non-hydrogen) atoms. The average Bonchev–Trinajstić information content (AvgIpc) is 2.92. The van der Waals surface area contributed by atoms with E-state index < -0.39 is 0 Å². The number of rotatable bonds is 5. The molecule has 3 rings (SSSR count). The van der Waals surface area contributed by atoms with Crippen LogP contribution >= 0.6 is 0 Å². The molecule has 0 atom stereocenters. The van der Waals surface area contributed by atoms with E-state index in [4.69, 9.17) is 10.5 Å². The van der Waals surface area contributed by atoms with E-state index in [0.717, 1.165) is 29.2 Å². The van der Waals surface area contributed by atoms with E-state index in [2.05, 4.69) is 68.4 Å². The third-order valence-electron chi connectivity index (χ3n) is 4.93. The lowest BCUT2D eigenvalue weighted by molar-refractivity contribution is 0.298. The molecule has 0 amide bonds. The van der Waals surface area contributed by atoms with Crippen LogP contribution in [0.3, 0.4) is 0 Å². The summed E-state index contributed by atoms with van der Waals surface area (Å²) in [5, 5.41) is 0. The minimum absolute atomic E-state index is 0.153. The number of hydrogen-bond acceptors (Lipinski definition) is 3. The highest BCUT2D eigenvalue weighted by molar-refractivity contribution is 5.78. The summed E-state index contributed by atoms with van der Waals surface area (Å²) in [6.45, 7) is 12.6. The Labute approximate surface area is 156 Å². The smallest absolute Gasteiger partial charge is 0.123 e. The predicted octanol–water partition coefficient (Wildman–Crippen LogP) is 4.49. The molecule has 0 radical (unpaired) electrons. The lowest BCUT2D eigenvalue weighted by atomic mass is 9.87. The van der Waals surface area contributed by atoms with Crippen LogP contribution in [0.4, 0.5) is 0 Å². The van der Waals surface area contributed by atoms with Crippen molar-refractivity contribution in [1.29, 1.82) is 0 Å². The van der Waals surface area contributed by atoms with Crippen LogP contribution in [0, 0.1) is 13.8 Å². The molecule has 0 aliphatic heterocycles. The second kappa shape index (κ2) is 7.12. The first kappa shape index (κ1) is 18.5. The zero-order valence-electron chi connectivity index (χ0n) is 16.5. The Balaban J connectivity index is 1.74. The zero-order valence-corrected chi connectivity index (χ0v) is 16.5. The second-order valence-corrected chi connectivity index (χ2v) is 7.93. The van der Waals surface area contributed by atoms with Gasteiger partial charge in [0.05, 0.1) is 24.1 Å². The van der Waals surface area contributed by atoms with E-state index in [9.17, 15) is 0 Å². The van der Waals surface area contributed by atoms with Crippen LogP contribution in [0.1, 0.15) is 43.3 Å². The third kappa shape index (κ3) is 3.75. The summed E-state index contributed by atoms with van der Waals surface area (Å²) in [5.41, 5.74) is 12.0. The second-order valence-electron chi connectivity index (χ2n) is 7.93. The van der Waals surface area contributed by atoms with Crippen molar-refractivity contribution in [3.05, 3.63) is 58.9 Å². The van der Waals surface area contributed by atoms with Crippen molar-refractivity contribution in [2.24, 2.45) is 5.73 Å². The van der Waals surface area contributed by atoms with Crippen molar-refractivity contribution < 1.29 is 4.74 Å². The maximum absolute atomic E-state index is 5.96. The Morgan fingerprint density at radius 3 is 2.31 bits per heavy atom. The van der Waals surface area contributed by atoms with Gasteiger partial charge in [0.15, 0.2) is 0 Å². The van der Waals surface area contributed by atoms with Gasteiger partial charge in [-0.25, -0.2) is 4.98 Å². The first-order valence-electron chi connectivity index (χ1n) is 9.19. The summed E-state index contributed by atoms with van der Waals surface area (Å²) >= 11 is 0. The molecule has 1 aromatic heterocycles. The monoisotopic (exact) mass is 351 g/mol. The molecule has 0 spiro atoms. The molecule has 0 saturated carbocycles. The fraction of sp³-hybridized carbons (Fsp3) is 0.409. The van der Waals surface area contributed by atoms with Gasteiger partial charge < -0.3 is 15.0 Å². The zero-order chi connectivity index (χ0) is 18.9. The molecule has 2 aromatic carbocycles. The maximum atomic E-state index is 5.96. The van der Waals surface area contributed by atoms with Crippen LogP contribution in [-0.4, -0.2) is 16.2 Å². The molecule has 4 nitrogen and oxygen atoms in total. The minimum Gasteiger partial charge on any atom is -0.492 e. The number of nitrogens with zero attached hydrogens (tertiary/aromatic N) is 2. The lowest BCUT2D eigenvalue weighted by Gasteiger charge is -2.19. The largest absolute Gasteiger partial charge is 0.492 e. The number of aromatic nitrogens is 2. The Morgan fingerprint density at radius 1 is 1.04 bits per heavy atom. The molecule has 2 N–H and O–H groups in total. The van der Waals surface area contributed by atoms with E-state index >= 15 is 0 Å². The predicted molar refractivity (Wildman–Crippen MR) is 108 cm³/mol. The Kier molecular flexibility index (Phi) is 5.05. The number of fused-ring (bicyclic) bond motifs is 1. The summed E-state index contributed by atoms with van der Waals surface area (Å²) in [6.07, 6.45) is 0.